The van der Waals surface area contributed by atoms with Gasteiger partial charge in [-0.25, -0.2) is 0 Å². The Hall–Kier alpha value is -1.52. The standard InChI is InChI=1S/C17H24N2O2.ClH/c1-4-17(5-2,11-18)16(20)19-10-15-12(3)13-8-6-7-9-14(13)21-15;/h6-9H,4-5,10-11,18H2,1-3H3,(H,19,20);1H. The monoisotopic (exact) mass is 324 g/mol. The van der Waals surface area contributed by atoms with Crippen molar-refractivity contribution in [2.24, 2.45) is 11.1 Å². The van der Waals surface area contributed by atoms with E-state index in [1.807, 2.05) is 45.0 Å². The van der Waals surface area contributed by atoms with Crippen molar-refractivity contribution < 1.29 is 9.21 Å². The summed E-state index contributed by atoms with van der Waals surface area (Å²) in [6, 6.07) is 7.90. The summed E-state index contributed by atoms with van der Waals surface area (Å²) in [5.74, 6) is 0.817. The first-order valence-corrected chi connectivity index (χ1v) is 7.53. The normalized spacial score (nSPS) is 11.3. The molecule has 3 N–H and O–H groups in total. The fourth-order valence-corrected chi connectivity index (χ4v) is 2.69. The lowest BCUT2D eigenvalue weighted by atomic mass is 9.81. The molecule has 1 heterocycles. The molecule has 0 bridgehead atoms. The van der Waals surface area contributed by atoms with Crippen LogP contribution in [0.1, 0.15) is 38.0 Å². The highest BCUT2D eigenvalue weighted by atomic mass is 35.5. The van der Waals surface area contributed by atoms with Crippen molar-refractivity contribution in [3.63, 3.8) is 0 Å². The van der Waals surface area contributed by atoms with E-state index in [0.29, 0.717) is 13.1 Å². The molecular weight excluding hydrogens is 300 g/mol. The lowest BCUT2D eigenvalue weighted by molar-refractivity contribution is -0.131. The van der Waals surface area contributed by atoms with Crippen molar-refractivity contribution in [3.05, 3.63) is 35.6 Å². The molecule has 0 atom stereocenters. The molecule has 0 radical (unpaired) electrons. The summed E-state index contributed by atoms with van der Waals surface area (Å²) in [7, 11) is 0. The number of carbonyl (C=O) groups is 1. The Morgan fingerprint density at radius 1 is 1.27 bits per heavy atom. The Labute approximate surface area is 137 Å². The number of aryl methyl sites for hydroxylation is 1. The average Bonchev–Trinajstić information content (AvgIpc) is 2.84. The number of nitrogens with two attached hydrogens (primary N) is 1. The van der Waals surface area contributed by atoms with Crippen LogP contribution in [0, 0.1) is 12.3 Å². The van der Waals surface area contributed by atoms with Crippen LogP contribution < -0.4 is 11.1 Å². The molecule has 22 heavy (non-hydrogen) atoms. The molecule has 0 aliphatic heterocycles. The molecular formula is C17H25ClN2O2. The minimum Gasteiger partial charge on any atom is -0.459 e. The molecule has 1 aromatic heterocycles. The second-order valence-electron chi connectivity index (χ2n) is 5.52. The van der Waals surface area contributed by atoms with Gasteiger partial charge in [0.15, 0.2) is 0 Å². The van der Waals surface area contributed by atoms with Gasteiger partial charge in [-0.2, -0.15) is 0 Å². The number of fused-ring (bicyclic) bond motifs is 1. The van der Waals surface area contributed by atoms with E-state index < -0.39 is 5.41 Å². The van der Waals surface area contributed by atoms with Crippen LogP contribution in [0.25, 0.3) is 11.0 Å². The van der Waals surface area contributed by atoms with Gasteiger partial charge in [-0.3, -0.25) is 4.79 Å². The minimum atomic E-state index is -0.472. The number of rotatable bonds is 6. The Balaban J connectivity index is 0.00000242. The number of furan rings is 1. The van der Waals surface area contributed by atoms with E-state index in [1.54, 1.807) is 0 Å². The first kappa shape index (κ1) is 18.5. The first-order chi connectivity index (χ1) is 10.1. The number of carbonyl (C=O) groups excluding carboxylic acids is 1. The average molecular weight is 325 g/mol. The van der Waals surface area contributed by atoms with Crippen molar-refractivity contribution in [2.45, 2.75) is 40.2 Å². The second-order valence-corrected chi connectivity index (χ2v) is 5.52. The summed E-state index contributed by atoms with van der Waals surface area (Å²) >= 11 is 0. The Morgan fingerprint density at radius 2 is 1.91 bits per heavy atom. The molecule has 0 unspecified atom stereocenters. The lowest BCUT2D eigenvalue weighted by Gasteiger charge is -2.28. The van der Waals surface area contributed by atoms with E-state index in [-0.39, 0.29) is 18.3 Å². The van der Waals surface area contributed by atoms with Crippen LogP contribution in [0.5, 0.6) is 0 Å². The number of halogens is 1. The van der Waals surface area contributed by atoms with Gasteiger partial charge in [0.1, 0.15) is 11.3 Å². The molecule has 1 aromatic carbocycles. The second kappa shape index (κ2) is 7.65. The van der Waals surface area contributed by atoms with Crippen LogP contribution in [0.4, 0.5) is 0 Å². The molecule has 1 amide bonds. The smallest absolute Gasteiger partial charge is 0.227 e. The largest absolute Gasteiger partial charge is 0.459 e. The number of nitrogens with one attached hydrogen (secondary N) is 1. The van der Waals surface area contributed by atoms with Crippen molar-refractivity contribution in [3.8, 4) is 0 Å². The summed E-state index contributed by atoms with van der Waals surface area (Å²) in [6.45, 7) is 6.79. The molecule has 0 saturated carbocycles. The van der Waals surface area contributed by atoms with Gasteiger partial charge in [0.2, 0.25) is 5.91 Å². The van der Waals surface area contributed by atoms with Gasteiger partial charge in [0.25, 0.3) is 0 Å². The maximum Gasteiger partial charge on any atom is 0.227 e. The van der Waals surface area contributed by atoms with Gasteiger partial charge in [0.05, 0.1) is 12.0 Å². The van der Waals surface area contributed by atoms with Gasteiger partial charge < -0.3 is 15.5 Å². The van der Waals surface area contributed by atoms with Crippen molar-refractivity contribution in [2.75, 3.05) is 6.54 Å². The highest BCUT2D eigenvalue weighted by Gasteiger charge is 2.33. The summed E-state index contributed by atoms with van der Waals surface area (Å²) in [5, 5.41) is 4.08. The zero-order valence-corrected chi connectivity index (χ0v) is 14.3. The molecule has 2 aromatic rings. The third kappa shape index (κ3) is 3.28. The minimum absolute atomic E-state index is 0. The summed E-state index contributed by atoms with van der Waals surface area (Å²) in [4.78, 5) is 12.4. The van der Waals surface area contributed by atoms with E-state index in [2.05, 4.69) is 5.32 Å². The third-order valence-corrected chi connectivity index (χ3v) is 4.58. The van der Waals surface area contributed by atoms with Gasteiger partial charge in [-0.1, -0.05) is 32.0 Å². The van der Waals surface area contributed by atoms with Crippen LogP contribution in [-0.4, -0.2) is 12.5 Å². The molecule has 0 saturated heterocycles. The zero-order chi connectivity index (χ0) is 15.5. The number of hydrogen-bond acceptors (Lipinski definition) is 3. The van der Waals surface area contributed by atoms with Crippen LogP contribution >= 0.6 is 12.4 Å². The fraction of sp³-hybridized carbons (Fsp3) is 0.471. The highest BCUT2D eigenvalue weighted by Crippen LogP contribution is 2.27. The fourth-order valence-electron chi connectivity index (χ4n) is 2.69. The summed E-state index contributed by atoms with van der Waals surface area (Å²) in [6.07, 6.45) is 1.48. The van der Waals surface area contributed by atoms with Crippen molar-refractivity contribution >= 4 is 29.3 Å². The van der Waals surface area contributed by atoms with Crippen molar-refractivity contribution in [1.29, 1.82) is 0 Å². The van der Waals surface area contributed by atoms with Gasteiger partial charge >= 0.3 is 0 Å². The molecule has 5 heteroatoms. The van der Waals surface area contributed by atoms with E-state index in [4.69, 9.17) is 10.2 Å². The number of benzene rings is 1. The molecule has 0 aliphatic carbocycles. The Morgan fingerprint density at radius 3 is 2.45 bits per heavy atom. The zero-order valence-electron chi connectivity index (χ0n) is 13.4. The predicted molar refractivity (Wildman–Crippen MR) is 92.1 cm³/mol. The molecule has 2 rings (SSSR count). The number of amides is 1. The van der Waals surface area contributed by atoms with Crippen LogP contribution in [0.15, 0.2) is 28.7 Å². The molecule has 0 spiro atoms. The number of hydrogen-bond donors (Lipinski definition) is 2. The van der Waals surface area contributed by atoms with Crippen molar-refractivity contribution in [1.82, 2.24) is 5.32 Å². The molecule has 0 fully saturated rings. The van der Waals surface area contributed by atoms with Crippen LogP contribution in [0.2, 0.25) is 0 Å². The van der Waals surface area contributed by atoms with E-state index in [9.17, 15) is 4.79 Å². The van der Waals surface area contributed by atoms with Gasteiger partial charge in [0, 0.05) is 17.5 Å². The summed E-state index contributed by atoms with van der Waals surface area (Å²) < 4.78 is 5.82. The number of para-hydroxylation sites is 1. The van der Waals surface area contributed by atoms with Crippen LogP contribution in [0.3, 0.4) is 0 Å². The summed E-state index contributed by atoms with van der Waals surface area (Å²) in [5.41, 5.74) is 7.27. The molecule has 4 nitrogen and oxygen atoms in total. The van der Waals surface area contributed by atoms with E-state index >= 15 is 0 Å². The van der Waals surface area contributed by atoms with E-state index in [0.717, 1.165) is 35.1 Å². The SMILES string of the molecule is CCC(CC)(CN)C(=O)NCc1oc2ccccc2c1C.Cl. The van der Waals surface area contributed by atoms with Gasteiger partial charge in [-0.05, 0) is 25.8 Å². The highest BCUT2D eigenvalue weighted by molar-refractivity contribution is 5.85. The van der Waals surface area contributed by atoms with Crippen LogP contribution in [-0.2, 0) is 11.3 Å². The lowest BCUT2D eigenvalue weighted by Crippen LogP contribution is -2.45. The van der Waals surface area contributed by atoms with Gasteiger partial charge in [-0.15, -0.1) is 12.4 Å². The molecule has 122 valence electrons. The Kier molecular flexibility index (Phi) is 6.45. The maximum atomic E-state index is 12.4. The third-order valence-electron chi connectivity index (χ3n) is 4.58. The topological polar surface area (TPSA) is 68.3 Å². The first-order valence-electron chi connectivity index (χ1n) is 7.53. The van der Waals surface area contributed by atoms with E-state index in [1.165, 1.54) is 0 Å². The quantitative estimate of drug-likeness (QED) is 0.854. The Bertz CT molecular complexity index is 624. The maximum absolute atomic E-state index is 12.4. The predicted octanol–water partition coefficient (Wildman–Crippen LogP) is 3.54. The molecule has 0 aliphatic rings.